The van der Waals surface area contributed by atoms with Crippen LogP contribution in [0.5, 0.6) is 0 Å². The molecule has 0 radical (unpaired) electrons. The van der Waals surface area contributed by atoms with Gasteiger partial charge in [-0.1, -0.05) is 37.6 Å². The molecule has 110 valence electrons. The van der Waals surface area contributed by atoms with Gasteiger partial charge in [-0.05, 0) is 25.5 Å². The molecule has 1 saturated heterocycles. The van der Waals surface area contributed by atoms with Crippen LogP contribution in [0.25, 0.3) is 0 Å². The number of amides is 1. The van der Waals surface area contributed by atoms with Crippen LogP contribution >= 0.6 is 11.6 Å². The highest BCUT2D eigenvalue weighted by Crippen LogP contribution is 2.20. The highest BCUT2D eigenvalue weighted by atomic mass is 35.5. The zero-order valence-electron chi connectivity index (χ0n) is 12.4. The number of hydrogen-bond donors (Lipinski definition) is 2. The molecule has 3 nitrogen and oxygen atoms in total. The fourth-order valence-corrected chi connectivity index (χ4v) is 3.36. The second-order valence-electron chi connectivity index (χ2n) is 6.20. The third kappa shape index (κ3) is 3.74. The lowest BCUT2D eigenvalue weighted by molar-refractivity contribution is -0.925. The summed E-state index contributed by atoms with van der Waals surface area (Å²) in [6, 6.07) is 7.32. The molecule has 0 spiro atoms. The molecule has 1 heterocycles. The number of carbonyl (C=O) groups excluding carboxylic acids is 1. The number of halogens is 1. The summed E-state index contributed by atoms with van der Waals surface area (Å²) >= 11 is 6.08. The third-order valence-electron chi connectivity index (χ3n) is 4.16. The molecule has 1 aliphatic rings. The standard InChI is InChI=1S/C16H23ClN2O/c1-11-8-12(2)10-19(9-11)13(3)16(20)18-15-7-5-4-6-14(15)17/h4-7,11-13H,8-10H2,1-3H3,(H,18,20)/p+1/t11-,12+,13-/m0/s1. The Morgan fingerprint density at radius 3 is 2.50 bits per heavy atom. The van der Waals surface area contributed by atoms with E-state index in [1.165, 1.54) is 11.3 Å². The van der Waals surface area contributed by atoms with E-state index in [1.807, 2.05) is 25.1 Å². The molecule has 4 heteroatoms. The van der Waals surface area contributed by atoms with Crippen molar-refractivity contribution in [3.05, 3.63) is 29.3 Å². The molecule has 0 aromatic heterocycles. The summed E-state index contributed by atoms with van der Waals surface area (Å²) in [5, 5.41) is 3.53. The molecular formula is C16H24ClN2O+. The molecule has 0 bridgehead atoms. The molecule has 1 aromatic carbocycles. The number of rotatable bonds is 3. The van der Waals surface area contributed by atoms with Crippen LogP contribution in [0.3, 0.4) is 0 Å². The zero-order chi connectivity index (χ0) is 14.7. The molecule has 0 saturated carbocycles. The monoisotopic (exact) mass is 295 g/mol. The average molecular weight is 296 g/mol. The Balaban J connectivity index is 2.00. The summed E-state index contributed by atoms with van der Waals surface area (Å²) in [6.45, 7) is 8.69. The van der Waals surface area contributed by atoms with E-state index in [0.29, 0.717) is 22.5 Å². The van der Waals surface area contributed by atoms with Gasteiger partial charge in [0.2, 0.25) is 0 Å². The Kier molecular flexibility index (Phi) is 5.06. The Morgan fingerprint density at radius 1 is 1.30 bits per heavy atom. The smallest absolute Gasteiger partial charge is 0.282 e. The van der Waals surface area contributed by atoms with Crippen molar-refractivity contribution < 1.29 is 9.69 Å². The number of carbonyl (C=O) groups is 1. The first kappa shape index (κ1) is 15.3. The molecule has 2 N–H and O–H groups in total. The van der Waals surface area contributed by atoms with Crippen molar-refractivity contribution in [1.82, 2.24) is 0 Å². The molecule has 2 rings (SSSR count). The van der Waals surface area contributed by atoms with Crippen LogP contribution in [0.15, 0.2) is 24.3 Å². The number of hydrogen-bond acceptors (Lipinski definition) is 1. The SMILES string of the molecule is C[C@@H]1C[C@H](C)C[NH+]([C@@H](C)C(=O)Nc2ccccc2Cl)C1. The second-order valence-corrected chi connectivity index (χ2v) is 6.61. The maximum absolute atomic E-state index is 12.4. The van der Waals surface area contributed by atoms with Crippen LogP contribution in [-0.4, -0.2) is 25.0 Å². The summed E-state index contributed by atoms with van der Waals surface area (Å²) in [5.74, 6) is 1.42. The van der Waals surface area contributed by atoms with Gasteiger partial charge in [0.1, 0.15) is 0 Å². The topological polar surface area (TPSA) is 33.5 Å². The first-order valence-electron chi connectivity index (χ1n) is 7.37. The van der Waals surface area contributed by atoms with Crippen LogP contribution in [-0.2, 0) is 4.79 Å². The van der Waals surface area contributed by atoms with Gasteiger partial charge in [0.15, 0.2) is 6.04 Å². The van der Waals surface area contributed by atoms with Crippen molar-refractivity contribution in [2.75, 3.05) is 18.4 Å². The number of piperidine rings is 1. The lowest BCUT2D eigenvalue weighted by Gasteiger charge is -2.35. The van der Waals surface area contributed by atoms with E-state index < -0.39 is 0 Å². The molecule has 1 aliphatic heterocycles. The van der Waals surface area contributed by atoms with E-state index in [-0.39, 0.29) is 11.9 Å². The normalized spacial score (nSPS) is 27.9. The van der Waals surface area contributed by atoms with Crippen molar-refractivity contribution in [3.63, 3.8) is 0 Å². The number of likely N-dealkylation sites (tertiary alicyclic amines) is 1. The van der Waals surface area contributed by atoms with Gasteiger partial charge in [0, 0.05) is 11.8 Å². The van der Waals surface area contributed by atoms with Gasteiger partial charge in [-0.2, -0.15) is 0 Å². The Bertz CT molecular complexity index is 467. The Morgan fingerprint density at radius 2 is 1.90 bits per heavy atom. The first-order valence-corrected chi connectivity index (χ1v) is 7.75. The van der Waals surface area contributed by atoms with Crippen LogP contribution in [0.4, 0.5) is 5.69 Å². The van der Waals surface area contributed by atoms with Crippen LogP contribution < -0.4 is 10.2 Å². The highest BCUT2D eigenvalue weighted by Gasteiger charge is 2.32. The summed E-state index contributed by atoms with van der Waals surface area (Å²) in [4.78, 5) is 13.8. The molecule has 1 fully saturated rings. The quantitative estimate of drug-likeness (QED) is 0.881. The zero-order valence-corrected chi connectivity index (χ0v) is 13.2. The van der Waals surface area contributed by atoms with Gasteiger partial charge in [0.25, 0.3) is 5.91 Å². The number of benzene rings is 1. The van der Waals surface area contributed by atoms with Crippen molar-refractivity contribution in [3.8, 4) is 0 Å². The van der Waals surface area contributed by atoms with Crippen molar-refractivity contribution in [2.24, 2.45) is 11.8 Å². The molecule has 20 heavy (non-hydrogen) atoms. The number of nitrogens with one attached hydrogen (secondary N) is 2. The molecule has 1 amide bonds. The first-order chi connectivity index (χ1) is 9.47. The number of anilines is 1. The second kappa shape index (κ2) is 6.59. The minimum atomic E-state index is -0.0449. The summed E-state index contributed by atoms with van der Waals surface area (Å²) < 4.78 is 0. The summed E-state index contributed by atoms with van der Waals surface area (Å²) in [6.07, 6.45) is 1.27. The Labute approximate surface area is 126 Å². The predicted molar refractivity (Wildman–Crippen MR) is 83.2 cm³/mol. The van der Waals surface area contributed by atoms with Crippen molar-refractivity contribution >= 4 is 23.2 Å². The molecule has 1 aromatic rings. The molecule has 0 aliphatic carbocycles. The summed E-state index contributed by atoms with van der Waals surface area (Å²) in [5.41, 5.74) is 0.698. The fraction of sp³-hybridized carbons (Fsp3) is 0.562. The lowest BCUT2D eigenvalue weighted by Crippen LogP contribution is -3.18. The maximum Gasteiger partial charge on any atom is 0.282 e. The van der Waals surface area contributed by atoms with Crippen molar-refractivity contribution in [2.45, 2.75) is 33.2 Å². The van der Waals surface area contributed by atoms with E-state index in [1.54, 1.807) is 6.07 Å². The minimum Gasteiger partial charge on any atom is -0.324 e. The van der Waals surface area contributed by atoms with Gasteiger partial charge in [0.05, 0.1) is 23.8 Å². The van der Waals surface area contributed by atoms with E-state index in [4.69, 9.17) is 11.6 Å². The van der Waals surface area contributed by atoms with E-state index in [2.05, 4.69) is 19.2 Å². The van der Waals surface area contributed by atoms with Crippen LogP contribution in [0, 0.1) is 11.8 Å². The molecular weight excluding hydrogens is 272 g/mol. The lowest BCUT2D eigenvalue weighted by atomic mass is 9.91. The van der Waals surface area contributed by atoms with Gasteiger partial charge in [-0.15, -0.1) is 0 Å². The maximum atomic E-state index is 12.4. The number of quaternary nitrogens is 1. The Hall–Kier alpha value is -1.06. The van der Waals surface area contributed by atoms with Gasteiger partial charge in [-0.25, -0.2) is 0 Å². The van der Waals surface area contributed by atoms with Gasteiger partial charge < -0.3 is 10.2 Å². The van der Waals surface area contributed by atoms with Gasteiger partial charge in [-0.3, -0.25) is 4.79 Å². The summed E-state index contributed by atoms with van der Waals surface area (Å²) in [7, 11) is 0. The third-order valence-corrected chi connectivity index (χ3v) is 4.49. The average Bonchev–Trinajstić information content (AvgIpc) is 2.39. The molecule has 4 atom stereocenters. The fourth-order valence-electron chi connectivity index (χ4n) is 3.17. The largest absolute Gasteiger partial charge is 0.324 e. The molecule has 1 unspecified atom stereocenters. The minimum absolute atomic E-state index is 0.0449. The van der Waals surface area contributed by atoms with Gasteiger partial charge >= 0.3 is 0 Å². The van der Waals surface area contributed by atoms with E-state index in [9.17, 15) is 4.79 Å². The van der Waals surface area contributed by atoms with E-state index in [0.717, 1.165) is 13.1 Å². The van der Waals surface area contributed by atoms with E-state index >= 15 is 0 Å². The van der Waals surface area contributed by atoms with Crippen LogP contribution in [0.1, 0.15) is 27.2 Å². The highest BCUT2D eigenvalue weighted by molar-refractivity contribution is 6.33. The van der Waals surface area contributed by atoms with Crippen molar-refractivity contribution in [1.29, 1.82) is 0 Å². The van der Waals surface area contributed by atoms with Crippen LogP contribution in [0.2, 0.25) is 5.02 Å². The predicted octanol–water partition coefficient (Wildman–Crippen LogP) is 2.23. The number of para-hydroxylation sites is 1.